The third-order valence-corrected chi connectivity index (χ3v) is 5.99. The molecule has 4 rings (SSSR count). The van der Waals surface area contributed by atoms with Crippen LogP contribution in [-0.2, 0) is 12.8 Å². The molecule has 0 fully saturated rings. The first-order valence-corrected chi connectivity index (χ1v) is 10.1. The molecule has 0 radical (unpaired) electrons. The summed E-state index contributed by atoms with van der Waals surface area (Å²) in [5, 5.41) is 11.3. The third-order valence-electron chi connectivity index (χ3n) is 4.18. The average Bonchev–Trinajstić information content (AvgIpc) is 3.27. The van der Waals surface area contributed by atoms with Crippen molar-refractivity contribution in [2.45, 2.75) is 10.9 Å². The lowest BCUT2D eigenvalue weighted by Crippen LogP contribution is -2.12. The minimum Gasteiger partial charge on any atom is -0.378 e. The number of benzene rings is 1. The van der Waals surface area contributed by atoms with Gasteiger partial charge in [0.1, 0.15) is 0 Å². The zero-order valence-corrected chi connectivity index (χ0v) is 16.8. The molecule has 3 heterocycles. The van der Waals surface area contributed by atoms with Crippen LogP contribution in [0.1, 0.15) is 5.69 Å². The predicted octanol–water partition coefficient (Wildman–Crippen LogP) is 2.91. The molecule has 9 heteroatoms. The van der Waals surface area contributed by atoms with Gasteiger partial charge in [0.15, 0.2) is 15.9 Å². The van der Waals surface area contributed by atoms with E-state index >= 15 is 0 Å². The Kier molecular flexibility index (Phi) is 4.71. The Bertz CT molecular complexity index is 1140. The van der Waals surface area contributed by atoms with Gasteiger partial charge in [0.25, 0.3) is 5.56 Å². The summed E-state index contributed by atoms with van der Waals surface area (Å²) in [7, 11) is 5.97. The quantitative estimate of drug-likeness (QED) is 0.482. The summed E-state index contributed by atoms with van der Waals surface area (Å²) >= 11 is 2.97. The standard InChI is InChI=1S/C18H18N6OS2/c1-22(2)14-6-4-12(5-7-14)16-20-21-18(23(16)3)27-11-13-10-15(25)24-8-9-26-17(24)19-13/h4-10H,11H2,1-3H3. The van der Waals surface area contributed by atoms with E-state index in [4.69, 9.17) is 0 Å². The molecule has 0 aliphatic rings. The van der Waals surface area contributed by atoms with Gasteiger partial charge >= 0.3 is 0 Å². The van der Waals surface area contributed by atoms with Crippen molar-refractivity contribution in [3.8, 4) is 11.4 Å². The molecule has 138 valence electrons. The van der Waals surface area contributed by atoms with Crippen molar-refractivity contribution in [2.75, 3.05) is 19.0 Å². The number of hydrogen-bond donors (Lipinski definition) is 0. The maximum absolute atomic E-state index is 12.1. The molecular weight excluding hydrogens is 380 g/mol. The summed E-state index contributed by atoms with van der Waals surface area (Å²) < 4.78 is 3.52. The van der Waals surface area contributed by atoms with Gasteiger partial charge in [-0.3, -0.25) is 9.20 Å². The molecular formula is C18H18N6OS2. The normalized spacial score (nSPS) is 11.2. The maximum Gasteiger partial charge on any atom is 0.258 e. The molecule has 1 aromatic carbocycles. The largest absolute Gasteiger partial charge is 0.378 e. The molecule has 0 aliphatic heterocycles. The van der Waals surface area contributed by atoms with E-state index in [2.05, 4.69) is 32.2 Å². The van der Waals surface area contributed by atoms with Crippen LogP contribution >= 0.6 is 23.1 Å². The van der Waals surface area contributed by atoms with E-state index in [1.54, 1.807) is 16.7 Å². The number of anilines is 1. The van der Waals surface area contributed by atoms with Crippen LogP contribution in [0.15, 0.2) is 51.9 Å². The fourth-order valence-corrected chi connectivity index (χ4v) is 4.24. The van der Waals surface area contributed by atoms with Gasteiger partial charge in [0, 0.05) is 55.8 Å². The summed E-state index contributed by atoms with van der Waals surface area (Å²) in [6.45, 7) is 0. The van der Waals surface area contributed by atoms with Crippen LogP contribution < -0.4 is 10.5 Å². The zero-order valence-electron chi connectivity index (χ0n) is 15.2. The van der Waals surface area contributed by atoms with E-state index in [9.17, 15) is 4.79 Å². The van der Waals surface area contributed by atoms with Crippen molar-refractivity contribution in [1.82, 2.24) is 24.1 Å². The molecule has 27 heavy (non-hydrogen) atoms. The Morgan fingerprint density at radius 1 is 1.19 bits per heavy atom. The Morgan fingerprint density at radius 3 is 2.70 bits per heavy atom. The van der Waals surface area contributed by atoms with E-state index < -0.39 is 0 Å². The Labute approximate surface area is 164 Å². The van der Waals surface area contributed by atoms with Crippen LogP contribution in [-0.4, -0.2) is 38.2 Å². The van der Waals surface area contributed by atoms with Gasteiger partial charge in [-0.25, -0.2) is 4.98 Å². The highest BCUT2D eigenvalue weighted by molar-refractivity contribution is 7.98. The van der Waals surface area contributed by atoms with Crippen LogP contribution in [0.25, 0.3) is 16.3 Å². The zero-order chi connectivity index (χ0) is 19.0. The summed E-state index contributed by atoms with van der Waals surface area (Å²) in [6.07, 6.45) is 1.74. The van der Waals surface area contributed by atoms with E-state index in [0.717, 1.165) is 27.9 Å². The number of fused-ring (bicyclic) bond motifs is 1. The predicted molar refractivity (Wildman–Crippen MR) is 110 cm³/mol. The molecule has 0 saturated carbocycles. The second kappa shape index (κ2) is 7.16. The average molecular weight is 399 g/mol. The molecule has 0 unspecified atom stereocenters. The molecule has 0 atom stereocenters. The van der Waals surface area contributed by atoms with E-state index in [1.165, 1.54) is 23.1 Å². The summed E-state index contributed by atoms with van der Waals surface area (Å²) in [5.41, 5.74) is 2.83. The molecule has 0 saturated heterocycles. The molecule has 0 bridgehead atoms. The lowest BCUT2D eigenvalue weighted by atomic mass is 10.2. The van der Waals surface area contributed by atoms with Gasteiger partial charge < -0.3 is 9.47 Å². The summed E-state index contributed by atoms with van der Waals surface area (Å²) in [4.78, 5) is 19.4. The highest BCUT2D eigenvalue weighted by atomic mass is 32.2. The lowest BCUT2D eigenvalue weighted by Gasteiger charge is -2.12. The van der Waals surface area contributed by atoms with Gasteiger partial charge in [0.05, 0.1) is 5.69 Å². The van der Waals surface area contributed by atoms with Crippen molar-refractivity contribution in [1.29, 1.82) is 0 Å². The van der Waals surface area contributed by atoms with Gasteiger partial charge in [-0.15, -0.1) is 21.5 Å². The number of rotatable bonds is 5. The van der Waals surface area contributed by atoms with Crippen LogP contribution in [0.4, 0.5) is 5.69 Å². The Morgan fingerprint density at radius 2 is 1.96 bits per heavy atom. The second-order valence-electron chi connectivity index (χ2n) is 6.24. The molecule has 0 amide bonds. The molecule has 3 aromatic heterocycles. The molecule has 0 spiro atoms. The van der Waals surface area contributed by atoms with E-state index in [-0.39, 0.29) is 5.56 Å². The first-order chi connectivity index (χ1) is 13.0. The van der Waals surface area contributed by atoms with Gasteiger partial charge in [-0.05, 0) is 24.3 Å². The smallest absolute Gasteiger partial charge is 0.258 e. The van der Waals surface area contributed by atoms with Crippen molar-refractivity contribution < 1.29 is 0 Å². The van der Waals surface area contributed by atoms with Gasteiger partial charge in [-0.2, -0.15) is 0 Å². The summed E-state index contributed by atoms with van der Waals surface area (Å²) in [6, 6.07) is 9.78. The molecule has 4 aromatic rings. The number of nitrogens with zero attached hydrogens (tertiary/aromatic N) is 6. The Hall–Kier alpha value is -2.65. The van der Waals surface area contributed by atoms with E-state index in [1.807, 2.05) is 43.2 Å². The van der Waals surface area contributed by atoms with Crippen LogP contribution in [0.5, 0.6) is 0 Å². The fourth-order valence-electron chi connectivity index (χ4n) is 2.70. The molecule has 0 aliphatic carbocycles. The molecule has 0 N–H and O–H groups in total. The first kappa shape index (κ1) is 17.7. The Balaban J connectivity index is 1.54. The van der Waals surface area contributed by atoms with Crippen LogP contribution in [0, 0.1) is 0 Å². The van der Waals surface area contributed by atoms with Crippen molar-refractivity contribution in [2.24, 2.45) is 7.05 Å². The van der Waals surface area contributed by atoms with E-state index in [0.29, 0.717) is 10.7 Å². The van der Waals surface area contributed by atoms with Gasteiger partial charge in [-0.1, -0.05) is 11.8 Å². The topological polar surface area (TPSA) is 68.3 Å². The SMILES string of the molecule is CN(C)c1ccc(-c2nnc(SCc3cc(=O)n4ccsc4n3)n2C)cc1. The minimum atomic E-state index is -0.0588. The number of thioether (sulfide) groups is 1. The molecule has 7 nitrogen and oxygen atoms in total. The van der Waals surface area contributed by atoms with Crippen LogP contribution in [0.3, 0.4) is 0 Å². The van der Waals surface area contributed by atoms with Gasteiger partial charge in [0.2, 0.25) is 0 Å². The first-order valence-electron chi connectivity index (χ1n) is 8.28. The second-order valence-corrected chi connectivity index (χ2v) is 8.05. The number of hydrogen-bond acceptors (Lipinski definition) is 7. The van der Waals surface area contributed by atoms with Crippen molar-refractivity contribution >= 4 is 33.7 Å². The fraction of sp³-hybridized carbons (Fsp3) is 0.222. The minimum absolute atomic E-state index is 0.0588. The number of aromatic nitrogens is 5. The lowest BCUT2D eigenvalue weighted by molar-refractivity contribution is 0.793. The maximum atomic E-state index is 12.1. The highest BCUT2D eigenvalue weighted by Gasteiger charge is 2.12. The third kappa shape index (κ3) is 3.47. The number of thiazole rings is 1. The monoisotopic (exact) mass is 398 g/mol. The van der Waals surface area contributed by atoms with Crippen molar-refractivity contribution in [3.05, 3.63) is 58.0 Å². The highest BCUT2D eigenvalue weighted by Crippen LogP contribution is 2.26. The van der Waals surface area contributed by atoms with Crippen LogP contribution in [0.2, 0.25) is 0 Å². The van der Waals surface area contributed by atoms with Crippen molar-refractivity contribution in [3.63, 3.8) is 0 Å². The summed E-state index contributed by atoms with van der Waals surface area (Å²) in [5.74, 6) is 1.37.